The summed E-state index contributed by atoms with van der Waals surface area (Å²) in [5.41, 5.74) is 2.21. The number of rotatable bonds is 0. The highest BCUT2D eigenvalue weighted by atomic mass is 16.3. The van der Waals surface area contributed by atoms with Crippen molar-refractivity contribution in [3.63, 3.8) is 0 Å². The molecule has 2 heteroatoms. The van der Waals surface area contributed by atoms with Crippen LogP contribution in [0.5, 0.6) is 5.75 Å². The number of hydrogen-bond acceptors (Lipinski definition) is 2. The van der Waals surface area contributed by atoms with E-state index in [1.807, 2.05) is 6.07 Å². The van der Waals surface area contributed by atoms with Crippen molar-refractivity contribution in [2.24, 2.45) is 0 Å². The number of phenolic OH excluding ortho intramolecular Hbond substituents is 1. The molecule has 1 atom stereocenters. The Morgan fingerprint density at radius 1 is 1.43 bits per heavy atom. The fraction of sp³-hybridized carbons (Fsp3) is 0.500. The van der Waals surface area contributed by atoms with E-state index in [0.717, 1.165) is 12.1 Å². The first-order chi connectivity index (χ1) is 6.49. The predicted octanol–water partition coefficient (Wildman–Crippen LogP) is 3.09. The maximum absolute atomic E-state index is 9.74. The van der Waals surface area contributed by atoms with Crippen LogP contribution in [0.3, 0.4) is 0 Å². The molecule has 0 spiro atoms. The Labute approximate surface area is 85.0 Å². The van der Waals surface area contributed by atoms with E-state index in [2.05, 4.69) is 32.2 Å². The molecule has 0 unspecified atom stereocenters. The number of phenols is 1. The third-order valence-corrected chi connectivity index (χ3v) is 2.89. The monoisotopic (exact) mass is 191 g/mol. The lowest BCUT2D eigenvalue weighted by Crippen LogP contribution is -2.36. The third-order valence-electron chi connectivity index (χ3n) is 2.89. The van der Waals surface area contributed by atoms with Crippen molar-refractivity contribution in [3.05, 3.63) is 23.8 Å². The zero-order valence-corrected chi connectivity index (χ0v) is 8.96. The Bertz CT molecular complexity index is 357. The van der Waals surface area contributed by atoms with Gasteiger partial charge in [0.2, 0.25) is 0 Å². The Morgan fingerprint density at radius 2 is 2.14 bits per heavy atom. The van der Waals surface area contributed by atoms with Crippen LogP contribution in [0, 0.1) is 0 Å². The molecule has 14 heavy (non-hydrogen) atoms. The quantitative estimate of drug-likeness (QED) is 0.618. The molecular weight excluding hydrogens is 174 g/mol. The van der Waals surface area contributed by atoms with Crippen LogP contribution in [0.15, 0.2) is 18.2 Å². The molecule has 0 saturated carbocycles. The third kappa shape index (κ3) is 1.45. The fourth-order valence-corrected chi connectivity index (χ4v) is 2.37. The van der Waals surface area contributed by atoms with Gasteiger partial charge in [-0.1, -0.05) is 19.1 Å². The molecule has 0 bridgehead atoms. The van der Waals surface area contributed by atoms with Crippen LogP contribution in [0.4, 0.5) is 5.69 Å². The number of nitrogens with one attached hydrogen (secondary N) is 1. The zero-order valence-electron chi connectivity index (χ0n) is 8.96. The first-order valence-electron chi connectivity index (χ1n) is 5.10. The Hall–Kier alpha value is -1.18. The molecule has 0 radical (unpaired) electrons. The molecule has 0 saturated heterocycles. The number of fused-ring (bicyclic) bond motifs is 1. The molecule has 2 nitrogen and oxygen atoms in total. The molecular formula is C12H17NO. The van der Waals surface area contributed by atoms with Crippen LogP contribution >= 0.6 is 0 Å². The molecule has 1 aliphatic rings. The standard InChI is InChI=1S/C12H17NO/c1-8-7-12(2,3)13-11-9(8)5-4-6-10(11)14/h4-6,8,13-14H,7H2,1-3H3/t8-/m0/s1. The molecule has 1 aromatic rings. The highest BCUT2D eigenvalue weighted by molar-refractivity contribution is 5.65. The molecule has 0 amide bonds. The van der Waals surface area contributed by atoms with E-state index < -0.39 is 0 Å². The molecule has 1 heterocycles. The number of hydrogen-bond donors (Lipinski definition) is 2. The maximum Gasteiger partial charge on any atom is 0.138 e. The van der Waals surface area contributed by atoms with Gasteiger partial charge in [0.25, 0.3) is 0 Å². The van der Waals surface area contributed by atoms with Gasteiger partial charge in [0, 0.05) is 5.54 Å². The molecule has 2 rings (SSSR count). The van der Waals surface area contributed by atoms with E-state index in [9.17, 15) is 5.11 Å². The molecule has 0 fully saturated rings. The summed E-state index contributed by atoms with van der Waals surface area (Å²) in [5, 5.41) is 13.1. The largest absolute Gasteiger partial charge is 0.506 e. The second-order valence-corrected chi connectivity index (χ2v) is 4.86. The van der Waals surface area contributed by atoms with Gasteiger partial charge in [-0.25, -0.2) is 0 Å². The lowest BCUT2D eigenvalue weighted by molar-refractivity contribution is 0.434. The van der Waals surface area contributed by atoms with Crippen molar-refractivity contribution in [2.45, 2.75) is 38.6 Å². The van der Waals surface area contributed by atoms with E-state index in [0.29, 0.717) is 11.7 Å². The van der Waals surface area contributed by atoms with Gasteiger partial charge in [-0.05, 0) is 37.8 Å². The first-order valence-corrected chi connectivity index (χ1v) is 5.10. The molecule has 1 aromatic carbocycles. The minimum Gasteiger partial charge on any atom is -0.506 e. The van der Waals surface area contributed by atoms with Gasteiger partial charge in [0.15, 0.2) is 0 Å². The van der Waals surface area contributed by atoms with Gasteiger partial charge in [-0.15, -0.1) is 0 Å². The lowest BCUT2D eigenvalue weighted by atomic mass is 9.82. The van der Waals surface area contributed by atoms with Crippen molar-refractivity contribution in [2.75, 3.05) is 5.32 Å². The van der Waals surface area contributed by atoms with Crippen molar-refractivity contribution in [3.8, 4) is 5.75 Å². The fourth-order valence-electron chi connectivity index (χ4n) is 2.37. The Balaban J connectivity index is 2.51. The normalized spacial score (nSPS) is 23.8. The maximum atomic E-state index is 9.74. The van der Waals surface area contributed by atoms with Crippen molar-refractivity contribution >= 4 is 5.69 Å². The smallest absolute Gasteiger partial charge is 0.138 e. The number of benzene rings is 1. The second-order valence-electron chi connectivity index (χ2n) is 4.86. The van der Waals surface area contributed by atoms with Crippen LogP contribution in [-0.2, 0) is 0 Å². The summed E-state index contributed by atoms with van der Waals surface area (Å²) < 4.78 is 0. The van der Waals surface area contributed by atoms with E-state index in [4.69, 9.17) is 0 Å². The molecule has 76 valence electrons. The van der Waals surface area contributed by atoms with Gasteiger partial charge < -0.3 is 10.4 Å². The SMILES string of the molecule is C[C@H]1CC(C)(C)Nc2c(O)cccc21. The van der Waals surface area contributed by atoms with E-state index in [-0.39, 0.29) is 5.54 Å². The van der Waals surface area contributed by atoms with Crippen LogP contribution in [0.1, 0.15) is 38.7 Å². The van der Waals surface area contributed by atoms with Crippen molar-refractivity contribution < 1.29 is 5.11 Å². The topological polar surface area (TPSA) is 32.3 Å². The molecule has 2 N–H and O–H groups in total. The van der Waals surface area contributed by atoms with E-state index in [1.54, 1.807) is 6.07 Å². The van der Waals surface area contributed by atoms with Crippen molar-refractivity contribution in [1.29, 1.82) is 0 Å². The molecule has 0 aliphatic carbocycles. The Kier molecular flexibility index (Phi) is 1.95. The van der Waals surface area contributed by atoms with Crippen molar-refractivity contribution in [1.82, 2.24) is 0 Å². The molecule has 1 aliphatic heterocycles. The van der Waals surface area contributed by atoms with Crippen LogP contribution in [0.25, 0.3) is 0 Å². The number of para-hydroxylation sites is 1. The Morgan fingerprint density at radius 3 is 2.86 bits per heavy atom. The minimum atomic E-state index is 0.0747. The van der Waals surface area contributed by atoms with Gasteiger partial charge in [-0.2, -0.15) is 0 Å². The summed E-state index contributed by atoms with van der Waals surface area (Å²) >= 11 is 0. The van der Waals surface area contributed by atoms with Gasteiger partial charge in [-0.3, -0.25) is 0 Å². The number of aromatic hydroxyl groups is 1. The van der Waals surface area contributed by atoms with Crippen LogP contribution in [0.2, 0.25) is 0 Å². The summed E-state index contributed by atoms with van der Waals surface area (Å²) in [6.07, 6.45) is 1.10. The van der Waals surface area contributed by atoms with E-state index in [1.165, 1.54) is 5.56 Å². The summed E-state index contributed by atoms with van der Waals surface area (Å²) in [7, 11) is 0. The lowest BCUT2D eigenvalue weighted by Gasteiger charge is -2.37. The van der Waals surface area contributed by atoms with Crippen LogP contribution < -0.4 is 5.32 Å². The van der Waals surface area contributed by atoms with Crippen LogP contribution in [-0.4, -0.2) is 10.6 Å². The average molecular weight is 191 g/mol. The van der Waals surface area contributed by atoms with E-state index >= 15 is 0 Å². The minimum absolute atomic E-state index is 0.0747. The summed E-state index contributed by atoms with van der Waals surface area (Å²) in [6, 6.07) is 5.73. The van der Waals surface area contributed by atoms with Gasteiger partial charge in [0.1, 0.15) is 5.75 Å². The first kappa shape index (κ1) is 9.38. The molecule has 0 aromatic heterocycles. The summed E-state index contributed by atoms with van der Waals surface area (Å²) in [4.78, 5) is 0. The average Bonchev–Trinajstić information content (AvgIpc) is 2.05. The summed E-state index contributed by atoms with van der Waals surface area (Å²) in [6.45, 7) is 6.54. The number of anilines is 1. The van der Waals surface area contributed by atoms with Gasteiger partial charge >= 0.3 is 0 Å². The highest BCUT2D eigenvalue weighted by Gasteiger charge is 2.30. The highest BCUT2D eigenvalue weighted by Crippen LogP contribution is 2.42. The predicted molar refractivity (Wildman–Crippen MR) is 58.8 cm³/mol. The second kappa shape index (κ2) is 2.91. The zero-order chi connectivity index (χ0) is 10.3. The summed E-state index contributed by atoms with van der Waals surface area (Å²) in [5.74, 6) is 0.871. The van der Waals surface area contributed by atoms with Gasteiger partial charge in [0.05, 0.1) is 5.69 Å².